The third kappa shape index (κ3) is 5.06. The van der Waals surface area contributed by atoms with E-state index in [2.05, 4.69) is 15.0 Å². The van der Waals surface area contributed by atoms with Crippen LogP contribution in [0.4, 0.5) is 0 Å². The van der Waals surface area contributed by atoms with Gasteiger partial charge >= 0.3 is 0 Å². The predicted molar refractivity (Wildman–Crippen MR) is 116 cm³/mol. The Labute approximate surface area is 177 Å². The summed E-state index contributed by atoms with van der Waals surface area (Å²) < 4.78 is 27.1. The molecule has 1 heterocycles. The van der Waals surface area contributed by atoms with E-state index in [0.29, 0.717) is 12.0 Å². The molecule has 3 rings (SSSR count). The van der Waals surface area contributed by atoms with Gasteiger partial charge in [-0.3, -0.25) is 14.5 Å². The van der Waals surface area contributed by atoms with E-state index in [-0.39, 0.29) is 35.7 Å². The van der Waals surface area contributed by atoms with Crippen molar-refractivity contribution in [2.45, 2.75) is 43.0 Å². The Morgan fingerprint density at radius 2 is 1.83 bits per heavy atom. The molecule has 0 aliphatic carbocycles. The molecule has 2 atom stereocenters. The Bertz CT molecular complexity index is 1010. The van der Waals surface area contributed by atoms with Crippen molar-refractivity contribution in [3.8, 4) is 0 Å². The van der Waals surface area contributed by atoms with Gasteiger partial charge in [-0.2, -0.15) is 0 Å². The number of hydrogen-bond acceptors (Lipinski definition) is 5. The first-order valence-corrected chi connectivity index (χ1v) is 11.6. The largest absolute Gasteiger partial charge is 0.396 e. The van der Waals surface area contributed by atoms with E-state index >= 15 is 0 Å². The molecule has 0 bridgehead atoms. The van der Waals surface area contributed by atoms with Crippen LogP contribution in [0.5, 0.6) is 0 Å². The van der Waals surface area contributed by atoms with Crippen LogP contribution in [-0.2, 0) is 14.8 Å². The van der Waals surface area contributed by atoms with Crippen molar-refractivity contribution in [2.24, 2.45) is 4.99 Å². The minimum absolute atomic E-state index is 0.0917. The number of unbranched alkanes of at least 4 members (excludes halogenated alkanes) is 1. The molecule has 160 valence electrons. The Balaban J connectivity index is 1.77. The number of carbonyl (C=O) groups is 1. The minimum atomic E-state index is -3.66. The first kappa shape index (κ1) is 22.0. The van der Waals surface area contributed by atoms with Gasteiger partial charge in [-0.25, -0.2) is 8.42 Å². The average molecular weight is 430 g/mol. The lowest BCUT2D eigenvalue weighted by Gasteiger charge is -2.18. The first-order valence-electron chi connectivity index (χ1n) is 10.1. The van der Waals surface area contributed by atoms with Gasteiger partial charge in [0, 0.05) is 18.0 Å². The van der Waals surface area contributed by atoms with E-state index < -0.39 is 16.1 Å². The molecule has 0 fully saturated rings. The van der Waals surface area contributed by atoms with E-state index in [1.807, 2.05) is 37.3 Å². The number of carbonyl (C=O) groups excluding carboxylic acids is 1. The molecule has 2 aromatic carbocycles. The van der Waals surface area contributed by atoms with E-state index in [1.165, 1.54) is 6.07 Å². The molecule has 0 radical (unpaired) electrons. The number of aliphatic imine (C=N–C) groups is 1. The second kappa shape index (κ2) is 9.86. The summed E-state index contributed by atoms with van der Waals surface area (Å²) in [5, 5.41) is 12.6. The van der Waals surface area contributed by atoms with Crippen molar-refractivity contribution in [1.82, 2.24) is 10.0 Å². The lowest BCUT2D eigenvalue weighted by atomic mass is 10.00. The van der Waals surface area contributed by atoms with E-state index in [0.717, 1.165) is 18.4 Å². The SMILES string of the molecule is CCCC[C@H](N=C1NS(=O)(=O)c2ccccc21)C(=O)NC[C@H](CO)c1ccccc1. The highest BCUT2D eigenvalue weighted by molar-refractivity contribution is 7.90. The zero-order chi connectivity index (χ0) is 21.6. The number of sulfonamides is 1. The highest BCUT2D eigenvalue weighted by atomic mass is 32.2. The maximum Gasteiger partial charge on any atom is 0.263 e. The summed E-state index contributed by atoms with van der Waals surface area (Å²) >= 11 is 0. The molecule has 1 amide bonds. The normalized spacial score (nSPS) is 17.7. The second-order valence-corrected chi connectivity index (χ2v) is 8.92. The van der Waals surface area contributed by atoms with Gasteiger partial charge in [-0.15, -0.1) is 0 Å². The van der Waals surface area contributed by atoms with E-state index in [4.69, 9.17) is 0 Å². The van der Waals surface area contributed by atoms with Crippen molar-refractivity contribution < 1.29 is 18.3 Å². The van der Waals surface area contributed by atoms with Crippen molar-refractivity contribution >= 4 is 21.8 Å². The van der Waals surface area contributed by atoms with Crippen molar-refractivity contribution in [3.63, 3.8) is 0 Å². The smallest absolute Gasteiger partial charge is 0.263 e. The molecule has 8 heteroatoms. The molecular weight excluding hydrogens is 402 g/mol. The Morgan fingerprint density at radius 1 is 1.13 bits per heavy atom. The number of amides is 1. The summed E-state index contributed by atoms with van der Waals surface area (Å²) in [6, 6.07) is 15.4. The number of nitrogens with one attached hydrogen (secondary N) is 2. The summed E-state index contributed by atoms with van der Waals surface area (Å²) in [6.07, 6.45) is 2.18. The molecule has 0 saturated heterocycles. The molecule has 0 saturated carbocycles. The zero-order valence-corrected chi connectivity index (χ0v) is 17.7. The topological polar surface area (TPSA) is 108 Å². The lowest BCUT2D eigenvalue weighted by Crippen LogP contribution is -2.38. The zero-order valence-electron chi connectivity index (χ0n) is 16.9. The fourth-order valence-electron chi connectivity index (χ4n) is 3.39. The number of aliphatic hydroxyl groups excluding tert-OH is 1. The van der Waals surface area contributed by atoms with Gasteiger partial charge in [0.1, 0.15) is 11.9 Å². The highest BCUT2D eigenvalue weighted by Crippen LogP contribution is 2.23. The molecule has 0 spiro atoms. The van der Waals surface area contributed by atoms with Crippen LogP contribution >= 0.6 is 0 Å². The number of benzene rings is 2. The first-order chi connectivity index (χ1) is 14.5. The standard InChI is InChI=1S/C22H27N3O4S/c1-2-3-12-19(22(27)23-14-17(15-26)16-9-5-4-6-10-16)24-21-18-11-7-8-13-20(18)30(28,29)25-21/h4-11,13,17,19,26H,2-3,12,14-15H2,1H3,(H,23,27)(H,24,25)/t17-,19+/m1/s1. The van der Waals surface area contributed by atoms with Crippen LogP contribution in [0.25, 0.3) is 0 Å². The number of nitrogens with zero attached hydrogens (tertiary/aromatic N) is 1. The summed E-state index contributed by atoms with van der Waals surface area (Å²) in [5.41, 5.74) is 1.42. The number of hydrogen-bond donors (Lipinski definition) is 3. The van der Waals surface area contributed by atoms with E-state index in [1.54, 1.807) is 18.2 Å². The monoisotopic (exact) mass is 429 g/mol. The molecule has 3 N–H and O–H groups in total. The van der Waals surface area contributed by atoms with Crippen molar-refractivity contribution in [1.29, 1.82) is 0 Å². The van der Waals surface area contributed by atoms with Gasteiger partial charge in [-0.05, 0) is 24.1 Å². The molecule has 2 aromatic rings. The Hall–Kier alpha value is -2.71. The Kier molecular flexibility index (Phi) is 7.23. The Morgan fingerprint density at radius 3 is 2.53 bits per heavy atom. The average Bonchev–Trinajstić information content (AvgIpc) is 3.02. The molecule has 30 heavy (non-hydrogen) atoms. The third-order valence-corrected chi connectivity index (χ3v) is 6.49. The van der Waals surface area contributed by atoms with Crippen LogP contribution in [0.2, 0.25) is 0 Å². The molecule has 0 aromatic heterocycles. The van der Waals surface area contributed by atoms with Crippen LogP contribution in [0.3, 0.4) is 0 Å². The molecule has 0 unspecified atom stereocenters. The van der Waals surface area contributed by atoms with Gasteiger partial charge in [-0.1, -0.05) is 62.2 Å². The van der Waals surface area contributed by atoms with Crippen LogP contribution in [0.15, 0.2) is 64.5 Å². The van der Waals surface area contributed by atoms with Crippen molar-refractivity contribution in [3.05, 3.63) is 65.7 Å². The van der Waals surface area contributed by atoms with Gasteiger partial charge in [0.05, 0.1) is 11.5 Å². The quantitative estimate of drug-likeness (QED) is 0.568. The van der Waals surface area contributed by atoms with Crippen LogP contribution in [0, 0.1) is 0 Å². The van der Waals surface area contributed by atoms with E-state index in [9.17, 15) is 18.3 Å². The van der Waals surface area contributed by atoms with Crippen LogP contribution < -0.4 is 10.0 Å². The summed E-state index contributed by atoms with van der Waals surface area (Å²) in [7, 11) is -3.66. The van der Waals surface area contributed by atoms with Gasteiger partial charge < -0.3 is 10.4 Å². The minimum Gasteiger partial charge on any atom is -0.396 e. The maximum atomic E-state index is 12.9. The van der Waals surface area contributed by atoms with Gasteiger partial charge in [0.25, 0.3) is 10.0 Å². The number of fused-ring (bicyclic) bond motifs is 1. The highest BCUT2D eigenvalue weighted by Gasteiger charge is 2.31. The fraction of sp³-hybridized carbons (Fsp3) is 0.364. The number of rotatable bonds is 9. The predicted octanol–water partition coefficient (Wildman–Crippen LogP) is 2.18. The summed E-state index contributed by atoms with van der Waals surface area (Å²) in [4.78, 5) is 17.5. The number of amidine groups is 1. The second-order valence-electron chi connectivity index (χ2n) is 7.27. The van der Waals surface area contributed by atoms with Crippen LogP contribution in [0.1, 0.15) is 43.2 Å². The van der Waals surface area contributed by atoms with Gasteiger partial charge in [0.15, 0.2) is 0 Å². The van der Waals surface area contributed by atoms with Gasteiger partial charge in [0.2, 0.25) is 5.91 Å². The summed E-state index contributed by atoms with van der Waals surface area (Å²) in [6.45, 7) is 2.20. The molecular formula is C22H27N3O4S. The molecule has 1 aliphatic heterocycles. The molecule has 1 aliphatic rings. The van der Waals surface area contributed by atoms with Crippen molar-refractivity contribution in [2.75, 3.05) is 13.2 Å². The van der Waals surface area contributed by atoms with Crippen LogP contribution in [-0.4, -0.2) is 44.5 Å². The summed E-state index contributed by atoms with van der Waals surface area (Å²) in [5.74, 6) is -0.308. The number of aliphatic hydroxyl groups is 1. The molecule has 7 nitrogen and oxygen atoms in total. The lowest BCUT2D eigenvalue weighted by molar-refractivity contribution is -0.122. The fourth-order valence-corrected chi connectivity index (χ4v) is 4.63. The third-order valence-electron chi connectivity index (χ3n) is 5.10. The maximum absolute atomic E-state index is 12.9.